The summed E-state index contributed by atoms with van der Waals surface area (Å²) in [4.78, 5) is 33.4. The van der Waals surface area contributed by atoms with E-state index in [1.54, 1.807) is 16.7 Å². The van der Waals surface area contributed by atoms with Crippen LogP contribution in [0.15, 0.2) is 30.3 Å². The first-order valence-electron chi connectivity index (χ1n) is 8.34. The second kappa shape index (κ2) is 7.65. The lowest BCUT2D eigenvalue weighted by molar-refractivity contribution is 0.0566. The van der Waals surface area contributed by atoms with Gasteiger partial charge in [0.2, 0.25) is 0 Å². The molecule has 25 heavy (non-hydrogen) atoms. The first-order valence-corrected chi connectivity index (χ1v) is 9.15. The van der Waals surface area contributed by atoms with Crippen molar-refractivity contribution in [2.45, 2.75) is 13.8 Å². The van der Waals surface area contributed by atoms with Crippen molar-refractivity contribution in [2.24, 2.45) is 0 Å². The summed E-state index contributed by atoms with van der Waals surface area (Å²) in [6.45, 7) is 6.03. The van der Waals surface area contributed by atoms with Crippen molar-refractivity contribution < 1.29 is 14.3 Å². The van der Waals surface area contributed by atoms with Crippen molar-refractivity contribution in [2.75, 3.05) is 32.8 Å². The van der Waals surface area contributed by atoms with Gasteiger partial charge in [0.05, 0.1) is 6.61 Å². The van der Waals surface area contributed by atoms with Gasteiger partial charge in [0.1, 0.15) is 10.7 Å². The lowest BCUT2D eigenvalue weighted by Gasteiger charge is -2.33. The normalized spacial score (nSPS) is 14.5. The SMILES string of the molecule is CCOC(=O)N1CCN(C(=O)c2nc(-c3ccccc3)sc2C)CC1. The second-order valence-corrected chi connectivity index (χ2v) is 6.97. The van der Waals surface area contributed by atoms with Crippen LogP contribution in [0, 0.1) is 6.92 Å². The first-order chi connectivity index (χ1) is 12.1. The number of amides is 2. The quantitative estimate of drug-likeness (QED) is 0.845. The molecule has 1 aromatic carbocycles. The zero-order valence-corrected chi connectivity index (χ0v) is 15.2. The van der Waals surface area contributed by atoms with Crippen molar-refractivity contribution >= 4 is 23.3 Å². The van der Waals surface area contributed by atoms with Crippen LogP contribution in [0.5, 0.6) is 0 Å². The van der Waals surface area contributed by atoms with Gasteiger partial charge in [0, 0.05) is 36.6 Å². The fourth-order valence-electron chi connectivity index (χ4n) is 2.76. The van der Waals surface area contributed by atoms with Crippen LogP contribution in [-0.2, 0) is 4.74 Å². The molecule has 0 N–H and O–H groups in total. The predicted octanol–water partition coefficient (Wildman–Crippen LogP) is 3.03. The highest BCUT2D eigenvalue weighted by Gasteiger charge is 2.28. The largest absolute Gasteiger partial charge is 0.450 e. The summed E-state index contributed by atoms with van der Waals surface area (Å²) in [5, 5.41) is 0.853. The van der Waals surface area contributed by atoms with Gasteiger partial charge >= 0.3 is 6.09 Å². The van der Waals surface area contributed by atoms with Crippen LogP contribution >= 0.6 is 11.3 Å². The van der Waals surface area contributed by atoms with E-state index in [2.05, 4.69) is 4.98 Å². The minimum absolute atomic E-state index is 0.0700. The molecule has 0 radical (unpaired) electrons. The molecular formula is C18H21N3O3S. The number of nitrogens with zero attached hydrogens (tertiary/aromatic N) is 3. The Bertz CT molecular complexity index is 752. The van der Waals surface area contributed by atoms with E-state index in [-0.39, 0.29) is 12.0 Å². The van der Waals surface area contributed by atoms with Crippen LogP contribution in [-0.4, -0.2) is 59.6 Å². The molecule has 2 heterocycles. The molecule has 0 saturated carbocycles. The van der Waals surface area contributed by atoms with Crippen LogP contribution in [0.4, 0.5) is 4.79 Å². The summed E-state index contributed by atoms with van der Waals surface area (Å²) in [6, 6.07) is 9.86. The zero-order valence-electron chi connectivity index (χ0n) is 14.4. The maximum Gasteiger partial charge on any atom is 0.409 e. The van der Waals surface area contributed by atoms with E-state index in [0.717, 1.165) is 15.4 Å². The fourth-order valence-corrected chi connectivity index (χ4v) is 3.67. The number of thiazole rings is 1. The van der Waals surface area contributed by atoms with Crippen LogP contribution < -0.4 is 0 Å². The molecule has 132 valence electrons. The topological polar surface area (TPSA) is 62.7 Å². The van der Waals surface area contributed by atoms with Gasteiger partial charge in [0.25, 0.3) is 5.91 Å². The molecule has 2 aromatic rings. The van der Waals surface area contributed by atoms with Gasteiger partial charge in [-0.15, -0.1) is 11.3 Å². The van der Waals surface area contributed by atoms with E-state index >= 15 is 0 Å². The third-order valence-corrected chi connectivity index (χ3v) is 5.13. The molecule has 0 spiro atoms. The number of rotatable bonds is 3. The van der Waals surface area contributed by atoms with Gasteiger partial charge in [-0.25, -0.2) is 9.78 Å². The van der Waals surface area contributed by atoms with Crippen molar-refractivity contribution in [1.29, 1.82) is 0 Å². The highest BCUT2D eigenvalue weighted by Crippen LogP contribution is 2.28. The van der Waals surface area contributed by atoms with E-state index in [9.17, 15) is 9.59 Å². The molecule has 0 bridgehead atoms. The Morgan fingerprint density at radius 1 is 1.12 bits per heavy atom. The maximum atomic E-state index is 12.8. The standard InChI is InChI=1S/C18H21N3O3S/c1-3-24-18(23)21-11-9-20(10-12-21)17(22)15-13(2)25-16(19-15)14-7-5-4-6-8-14/h4-8H,3,9-12H2,1-2H3. The summed E-state index contributed by atoms with van der Waals surface area (Å²) >= 11 is 1.53. The van der Waals surface area contributed by atoms with E-state index in [4.69, 9.17) is 4.74 Å². The Morgan fingerprint density at radius 2 is 1.76 bits per heavy atom. The van der Waals surface area contributed by atoms with Gasteiger partial charge in [-0.05, 0) is 13.8 Å². The van der Waals surface area contributed by atoms with E-state index in [1.807, 2.05) is 37.3 Å². The first kappa shape index (κ1) is 17.4. The Balaban J connectivity index is 1.68. The molecule has 7 heteroatoms. The molecule has 2 amide bonds. The zero-order chi connectivity index (χ0) is 17.8. The van der Waals surface area contributed by atoms with Crippen LogP contribution in [0.3, 0.4) is 0 Å². The Labute approximate surface area is 151 Å². The van der Waals surface area contributed by atoms with Crippen molar-refractivity contribution in [3.05, 3.63) is 40.9 Å². The van der Waals surface area contributed by atoms with Gasteiger partial charge in [-0.2, -0.15) is 0 Å². The summed E-state index contributed by atoms with van der Waals surface area (Å²) in [6.07, 6.45) is -0.314. The Kier molecular flexibility index (Phi) is 5.33. The Morgan fingerprint density at radius 3 is 2.40 bits per heavy atom. The number of ether oxygens (including phenoxy) is 1. The molecule has 3 rings (SSSR count). The second-order valence-electron chi connectivity index (χ2n) is 5.77. The molecule has 6 nitrogen and oxygen atoms in total. The van der Waals surface area contributed by atoms with Crippen LogP contribution in [0.2, 0.25) is 0 Å². The van der Waals surface area contributed by atoms with Gasteiger partial charge in [-0.1, -0.05) is 30.3 Å². The molecular weight excluding hydrogens is 338 g/mol. The minimum Gasteiger partial charge on any atom is -0.450 e. The van der Waals surface area contributed by atoms with Crippen LogP contribution in [0.25, 0.3) is 10.6 Å². The monoisotopic (exact) mass is 359 g/mol. The maximum absolute atomic E-state index is 12.8. The van der Waals surface area contributed by atoms with Gasteiger partial charge in [-0.3, -0.25) is 4.79 Å². The number of piperazine rings is 1. The number of benzene rings is 1. The lowest BCUT2D eigenvalue weighted by Crippen LogP contribution is -2.50. The number of hydrogen-bond acceptors (Lipinski definition) is 5. The predicted molar refractivity (Wildman–Crippen MR) is 96.8 cm³/mol. The van der Waals surface area contributed by atoms with Gasteiger partial charge in [0.15, 0.2) is 0 Å². The van der Waals surface area contributed by atoms with E-state index in [1.165, 1.54) is 11.3 Å². The number of aromatic nitrogens is 1. The van der Waals surface area contributed by atoms with Crippen molar-refractivity contribution in [3.8, 4) is 10.6 Å². The van der Waals surface area contributed by atoms with Crippen molar-refractivity contribution in [1.82, 2.24) is 14.8 Å². The number of carbonyl (C=O) groups is 2. The van der Waals surface area contributed by atoms with Crippen LogP contribution in [0.1, 0.15) is 22.3 Å². The average molecular weight is 359 g/mol. The Hall–Kier alpha value is -2.41. The lowest BCUT2D eigenvalue weighted by atomic mass is 10.2. The molecule has 1 aromatic heterocycles. The number of aryl methyl sites for hydroxylation is 1. The highest BCUT2D eigenvalue weighted by molar-refractivity contribution is 7.15. The summed E-state index contributed by atoms with van der Waals surface area (Å²) in [7, 11) is 0. The summed E-state index contributed by atoms with van der Waals surface area (Å²) in [5.74, 6) is -0.0700. The molecule has 0 atom stereocenters. The third-order valence-electron chi connectivity index (χ3n) is 4.11. The summed E-state index contributed by atoms with van der Waals surface area (Å²) < 4.78 is 5.01. The summed E-state index contributed by atoms with van der Waals surface area (Å²) in [5.41, 5.74) is 1.52. The molecule has 1 fully saturated rings. The molecule has 0 aliphatic carbocycles. The average Bonchev–Trinajstić information content (AvgIpc) is 3.04. The molecule has 1 aliphatic rings. The van der Waals surface area contributed by atoms with Crippen molar-refractivity contribution in [3.63, 3.8) is 0 Å². The molecule has 1 saturated heterocycles. The number of carbonyl (C=O) groups excluding carboxylic acids is 2. The molecule has 0 unspecified atom stereocenters. The molecule has 1 aliphatic heterocycles. The third kappa shape index (κ3) is 3.82. The minimum atomic E-state index is -0.314. The van der Waals surface area contributed by atoms with E-state index in [0.29, 0.717) is 38.5 Å². The van der Waals surface area contributed by atoms with E-state index < -0.39 is 0 Å². The smallest absolute Gasteiger partial charge is 0.409 e. The van der Waals surface area contributed by atoms with Gasteiger partial charge < -0.3 is 14.5 Å². The highest BCUT2D eigenvalue weighted by atomic mass is 32.1. The number of hydrogen-bond donors (Lipinski definition) is 0. The fraction of sp³-hybridized carbons (Fsp3) is 0.389.